The Balaban J connectivity index is 2.51. The standard InChI is InChI=1S/C17H17FN2O/c1-10-7-13(9-19)8-11(2)16(10)21-17-14(12(3)20)5-4-6-15(17)18/h4-8,12H,20H2,1-3H3. The number of benzene rings is 2. The first-order chi connectivity index (χ1) is 9.93. The number of para-hydroxylation sites is 1. The van der Waals surface area contributed by atoms with Crippen molar-refractivity contribution in [3.05, 3.63) is 58.4 Å². The first kappa shape index (κ1) is 15.0. The third kappa shape index (κ3) is 3.04. The molecule has 0 aromatic heterocycles. The fraction of sp³-hybridized carbons (Fsp3) is 0.235. The van der Waals surface area contributed by atoms with Crippen molar-refractivity contribution in [1.82, 2.24) is 0 Å². The fourth-order valence-electron chi connectivity index (χ4n) is 2.27. The SMILES string of the molecule is Cc1cc(C#N)cc(C)c1Oc1c(F)cccc1C(C)N. The Morgan fingerprint density at radius 1 is 1.19 bits per heavy atom. The zero-order valence-corrected chi connectivity index (χ0v) is 12.3. The van der Waals surface area contributed by atoms with E-state index in [0.29, 0.717) is 16.9 Å². The number of hydrogen-bond acceptors (Lipinski definition) is 3. The minimum atomic E-state index is -0.451. The first-order valence-corrected chi connectivity index (χ1v) is 6.67. The van der Waals surface area contributed by atoms with Crippen molar-refractivity contribution in [2.45, 2.75) is 26.8 Å². The van der Waals surface area contributed by atoms with Crippen molar-refractivity contribution in [2.75, 3.05) is 0 Å². The van der Waals surface area contributed by atoms with Gasteiger partial charge in [-0.25, -0.2) is 4.39 Å². The van der Waals surface area contributed by atoms with E-state index in [2.05, 4.69) is 6.07 Å². The van der Waals surface area contributed by atoms with Gasteiger partial charge in [0.25, 0.3) is 0 Å². The van der Waals surface area contributed by atoms with E-state index in [1.54, 1.807) is 31.2 Å². The topological polar surface area (TPSA) is 59.0 Å². The van der Waals surface area contributed by atoms with E-state index < -0.39 is 5.82 Å². The maximum absolute atomic E-state index is 14.1. The summed E-state index contributed by atoms with van der Waals surface area (Å²) in [4.78, 5) is 0. The Kier molecular flexibility index (Phi) is 4.25. The maximum Gasteiger partial charge on any atom is 0.167 e. The lowest BCUT2D eigenvalue weighted by Gasteiger charge is -2.17. The molecule has 2 N–H and O–H groups in total. The molecule has 2 aromatic carbocycles. The van der Waals surface area contributed by atoms with E-state index in [0.717, 1.165) is 11.1 Å². The minimum absolute atomic E-state index is 0.142. The molecular formula is C17H17FN2O. The van der Waals surface area contributed by atoms with Crippen LogP contribution >= 0.6 is 0 Å². The zero-order valence-electron chi connectivity index (χ0n) is 12.3. The van der Waals surface area contributed by atoms with Gasteiger partial charge in [0.2, 0.25) is 0 Å². The van der Waals surface area contributed by atoms with Crippen LogP contribution < -0.4 is 10.5 Å². The predicted molar refractivity (Wildman–Crippen MR) is 79.7 cm³/mol. The van der Waals surface area contributed by atoms with Crippen molar-refractivity contribution in [3.63, 3.8) is 0 Å². The summed E-state index contributed by atoms with van der Waals surface area (Å²) in [6, 6.07) is 9.89. The zero-order chi connectivity index (χ0) is 15.6. The van der Waals surface area contributed by atoms with Gasteiger partial charge < -0.3 is 10.5 Å². The lowest BCUT2D eigenvalue weighted by atomic mass is 10.1. The van der Waals surface area contributed by atoms with Crippen LogP contribution in [0.1, 0.15) is 35.2 Å². The average molecular weight is 284 g/mol. The second-order valence-electron chi connectivity index (χ2n) is 5.10. The van der Waals surface area contributed by atoms with E-state index in [4.69, 9.17) is 15.7 Å². The molecule has 0 aliphatic rings. The summed E-state index contributed by atoms with van der Waals surface area (Å²) < 4.78 is 19.9. The van der Waals surface area contributed by atoms with Crippen molar-refractivity contribution < 1.29 is 9.13 Å². The van der Waals surface area contributed by atoms with Crippen molar-refractivity contribution in [3.8, 4) is 17.6 Å². The molecule has 0 fully saturated rings. The minimum Gasteiger partial charge on any atom is -0.453 e. The van der Waals surface area contributed by atoms with E-state index in [-0.39, 0.29) is 11.8 Å². The van der Waals surface area contributed by atoms with Crippen molar-refractivity contribution >= 4 is 0 Å². The number of ether oxygens (including phenoxy) is 1. The molecular weight excluding hydrogens is 267 g/mol. The lowest BCUT2D eigenvalue weighted by molar-refractivity contribution is 0.427. The molecule has 0 saturated carbocycles. The average Bonchev–Trinajstić information content (AvgIpc) is 2.43. The molecule has 3 nitrogen and oxygen atoms in total. The molecule has 0 amide bonds. The molecule has 4 heteroatoms. The van der Waals surface area contributed by atoms with Crippen LogP contribution in [0.15, 0.2) is 30.3 Å². The van der Waals surface area contributed by atoms with Gasteiger partial charge in [0.1, 0.15) is 5.75 Å². The van der Waals surface area contributed by atoms with Gasteiger partial charge in [0.15, 0.2) is 11.6 Å². The highest BCUT2D eigenvalue weighted by Gasteiger charge is 2.16. The Bertz CT molecular complexity index is 694. The summed E-state index contributed by atoms with van der Waals surface area (Å²) in [6.45, 7) is 5.44. The van der Waals surface area contributed by atoms with Gasteiger partial charge >= 0.3 is 0 Å². The van der Waals surface area contributed by atoms with Crippen molar-refractivity contribution in [1.29, 1.82) is 5.26 Å². The largest absolute Gasteiger partial charge is 0.453 e. The van der Waals surface area contributed by atoms with E-state index in [1.165, 1.54) is 6.07 Å². The van der Waals surface area contributed by atoms with Crippen LogP contribution in [0.25, 0.3) is 0 Å². The summed E-state index contributed by atoms with van der Waals surface area (Å²) in [5, 5.41) is 8.96. The van der Waals surface area contributed by atoms with Gasteiger partial charge in [0, 0.05) is 11.6 Å². The molecule has 0 radical (unpaired) electrons. The summed E-state index contributed by atoms with van der Waals surface area (Å²) in [5.74, 6) is 0.248. The van der Waals surface area contributed by atoms with Crippen LogP contribution in [-0.4, -0.2) is 0 Å². The molecule has 0 bridgehead atoms. The van der Waals surface area contributed by atoms with Gasteiger partial charge in [-0.05, 0) is 50.1 Å². The molecule has 2 aromatic rings. The number of nitrogens with two attached hydrogens (primary N) is 1. The van der Waals surface area contributed by atoms with Crippen LogP contribution in [0.5, 0.6) is 11.5 Å². The smallest absolute Gasteiger partial charge is 0.167 e. The molecule has 1 atom stereocenters. The third-order valence-electron chi connectivity index (χ3n) is 3.28. The molecule has 0 aliphatic carbocycles. The Hall–Kier alpha value is -2.38. The highest BCUT2D eigenvalue weighted by molar-refractivity contribution is 5.50. The van der Waals surface area contributed by atoms with E-state index >= 15 is 0 Å². The molecule has 0 aliphatic heterocycles. The normalized spacial score (nSPS) is 11.8. The lowest BCUT2D eigenvalue weighted by Crippen LogP contribution is -2.08. The van der Waals surface area contributed by atoms with Crippen LogP contribution in [0.4, 0.5) is 4.39 Å². The van der Waals surface area contributed by atoms with Crippen LogP contribution in [-0.2, 0) is 0 Å². The summed E-state index contributed by atoms with van der Waals surface area (Å²) in [5.41, 5.74) is 8.60. The van der Waals surface area contributed by atoms with Crippen molar-refractivity contribution in [2.24, 2.45) is 5.73 Å². The number of hydrogen-bond donors (Lipinski definition) is 1. The monoisotopic (exact) mass is 284 g/mol. The number of halogens is 1. The Morgan fingerprint density at radius 2 is 1.81 bits per heavy atom. The second kappa shape index (κ2) is 5.94. The first-order valence-electron chi connectivity index (χ1n) is 6.67. The van der Waals surface area contributed by atoms with Gasteiger partial charge in [-0.3, -0.25) is 0 Å². The van der Waals surface area contributed by atoms with Crippen LogP contribution in [0.3, 0.4) is 0 Å². The highest BCUT2D eigenvalue weighted by atomic mass is 19.1. The predicted octanol–water partition coefficient (Wildman–Crippen LogP) is 4.13. The van der Waals surface area contributed by atoms with Crippen LogP contribution in [0, 0.1) is 31.0 Å². The number of aryl methyl sites for hydroxylation is 2. The van der Waals surface area contributed by atoms with Gasteiger partial charge in [-0.2, -0.15) is 5.26 Å². The Labute approximate surface area is 123 Å². The quantitative estimate of drug-likeness (QED) is 0.922. The van der Waals surface area contributed by atoms with Gasteiger partial charge in [0.05, 0.1) is 11.6 Å². The van der Waals surface area contributed by atoms with Gasteiger partial charge in [-0.1, -0.05) is 12.1 Å². The molecule has 0 saturated heterocycles. The highest BCUT2D eigenvalue weighted by Crippen LogP contribution is 2.35. The summed E-state index contributed by atoms with van der Waals surface area (Å²) in [7, 11) is 0. The third-order valence-corrected chi connectivity index (χ3v) is 3.28. The number of rotatable bonds is 3. The van der Waals surface area contributed by atoms with E-state index in [9.17, 15) is 4.39 Å². The fourth-order valence-corrected chi connectivity index (χ4v) is 2.27. The molecule has 21 heavy (non-hydrogen) atoms. The second-order valence-corrected chi connectivity index (χ2v) is 5.10. The summed E-state index contributed by atoms with van der Waals surface area (Å²) >= 11 is 0. The summed E-state index contributed by atoms with van der Waals surface area (Å²) in [6.07, 6.45) is 0. The maximum atomic E-state index is 14.1. The van der Waals surface area contributed by atoms with Crippen LogP contribution in [0.2, 0.25) is 0 Å². The Morgan fingerprint density at radius 3 is 2.33 bits per heavy atom. The molecule has 0 heterocycles. The molecule has 1 unspecified atom stereocenters. The number of nitriles is 1. The number of nitrogens with zero attached hydrogens (tertiary/aromatic N) is 1. The molecule has 0 spiro atoms. The van der Waals surface area contributed by atoms with Gasteiger partial charge in [-0.15, -0.1) is 0 Å². The molecule has 2 rings (SSSR count). The molecule has 108 valence electrons. The van der Waals surface area contributed by atoms with E-state index in [1.807, 2.05) is 13.8 Å².